The first kappa shape index (κ1) is 35.1. The highest BCUT2D eigenvalue weighted by atomic mass is 15.3. The molecule has 1 heterocycles. The maximum atomic E-state index is 8.82. The van der Waals surface area contributed by atoms with Gasteiger partial charge in [0.1, 0.15) is 5.71 Å². The lowest BCUT2D eigenvalue weighted by Crippen LogP contribution is -2.28. The topological polar surface area (TPSA) is 86.9 Å². The van der Waals surface area contributed by atoms with Crippen LogP contribution >= 0.6 is 0 Å². The summed E-state index contributed by atoms with van der Waals surface area (Å²) in [6.07, 6.45) is 3.78. The molecule has 60 heavy (non-hydrogen) atoms. The largest absolute Gasteiger partial charge is 0.299 e. The Morgan fingerprint density at radius 1 is 0.467 bits per heavy atom. The number of hydrazone groups is 1. The van der Waals surface area contributed by atoms with E-state index >= 15 is 0 Å². The molecule has 0 aliphatic heterocycles. The number of fused-ring (bicyclic) bond motifs is 6. The van der Waals surface area contributed by atoms with Gasteiger partial charge >= 0.3 is 0 Å². The third-order valence-corrected chi connectivity index (χ3v) is 11.7. The van der Waals surface area contributed by atoms with Crippen molar-refractivity contribution >= 4 is 34.0 Å². The second-order valence-electron chi connectivity index (χ2n) is 15.1. The van der Waals surface area contributed by atoms with Crippen LogP contribution in [0.15, 0.2) is 205 Å². The van der Waals surface area contributed by atoms with Crippen molar-refractivity contribution in [3.63, 3.8) is 0 Å². The lowest BCUT2D eigenvalue weighted by Gasteiger charge is -2.33. The summed E-state index contributed by atoms with van der Waals surface area (Å²) in [5.74, 6) is 1.78. The highest BCUT2D eigenvalue weighted by molar-refractivity contribution is 6.55. The molecule has 6 nitrogen and oxygen atoms in total. The van der Waals surface area contributed by atoms with E-state index in [0.717, 1.165) is 49.8 Å². The summed E-state index contributed by atoms with van der Waals surface area (Å²) in [6.45, 7) is 0. The number of nitrogens with one attached hydrogen (secondary N) is 2. The van der Waals surface area contributed by atoms with Crippen LogP contribution in [0.2, 0.25) is 0 Å². The molecule has 6 heteroatoms. The number of hydrogen-bond donors (Lipinski definition) is 2. The third kappa shape index (κ3) is 5.77. The smallest absolute Gasteiger partial charge is 0.164 e. The molecule has 0 radical (unpaired) electrons. The van der Waals surface area contributed by atoms with Crippen LogP contribution in [-0.4, -0.2) is 26.4 Å². The number of para-hydroxylation sites is 1. The lowest BCUT2D eigenvalue weighted by molar-refractivity contribution is 0.768. The van der Waals surface area contributed by atoms with Gasteiger partial charge in [-0.25, -0.2) is 15.0 Å². The molecule has 0 saturated heterocycles. The zero-order chi connectivity index (χ0) is 40.0. The second kappa shape index (κ2) is 14.4. The molecule has 282 valence electrons. The molecule has 0 atom stereocenters. The van der Waals surface area contributed by atoms with Crippen LogP contribution in [-0.2, 0) is 5.41 Å². The summed E-state index contributed by atoms with van der Waals surface area (Å²) in [4.78, 5) is 15.5. The van der Waals surface area contributed by atoms with Crippen LogP contribution < -0.4 is 5.43 Å². The SMILES string of the molecule is N=C1C=Cc2ccc3cc(-c4nc(-c5ccccc5)nc(-c5ccc6c(c5)-c5ccccc5C6(c5ccccc5)c5ccccc5)n4)ccc3c2/C1=N/Nc1ccccc1. The van der Waals surface area contributed by atoms with Crippen LogP contribution in [0.25, 0.3) is 62.1 Å². The number of benzene rings is 8. The molecule has 0 unspecified atom stereocenters. The highest BCUT2D eigenvalue weighted by Gasteiger charge is 2.46. The Balaban J connectivity index is 1.06. The fourth-order valence-electron chi connectivity index (χ4n) is 8.96. The number of hydrogen-bond acceptors (Lipinski definition) is 6. The molecule has 0 spiro atoms. The van der Waals surface area contributed by atoms with E-state index in [-0.39, 0.29) is 0 Å². The molecule has 9 aromatic rings. The van der Waals surface area contributed by atoms with E-state index in [2.05, 4.69) is 139 Å². The van der Waals surface area contributed by atoms with Gasteiger partial charge in [0.15, 0.2) is 17.5 Å². The predicted molar refractivity (Wildman–Crippen MR) is 244 cm³/mol. The van der Waals surface area contributed by atoms with Gasteiger partial charge in [0.2, 0.25) is 0 Å². The van der Waals surface area contributed by atoms with E-state index in [4.69, 9.17) is 25.5 Å². The molecule has 0 saturated carbocycles. The van der Waals surface area contributed by atoms with Crippen LogP contribution in [0, 0.1) is 5.41 Å². The van der Waals surface area contributed by atoms with Gasteiger partial charge in [-0.2, -0.15) is 5.10 Å². The molecule has 2 N–H and O–H groups in total. The van der Waals surface area contributed by atoms with E-state index < -0.39 is 5.41 Å². The lowest BCUT2D eigenvalue weighted by atomic mass is 9.67. The number of anilines is 1. The second-order valence-corrected chi connectivity index (χ2v) is 15.1. The van der Waals surface area contributed by atoms with Gasteiger partial charge in [-0.3, -0.25) is 10.8 Å². The van der Waals surface area contributed by atoms with Gasteiger partial charge in [0, 0.05) is 22.3 Å². The molecule has 0 fully saturated rings. The monoisotopic (exact) mass is 768 g/mol. The van der Waals surface area contributed by atoms with E-state index in [9.17, 15) is 0 Å². The zero-order valence-corrected chi connectivity index (χ0v) is 32.4. The number of allylic oxidation sites excluding steroid dienone is 1. The van der Waals surface area contributed by atoms with Crippen molar-refractivity contribution < 1.29 is 0 Å². The number of aromatic nitrogens is 3. The van der Waals surface area contributed by atoms with Crippen molar-refractivity contribution in [3.8, 4) is 45.3 Å². The fraction of sp³-hybridized carbons (Fsp3) is 0.0185. The maximum Gasteiger partial charge on any atom is 0.164 e. The standard InChI is InChI=1S/C54H36N6/c55-48-32-29-35-25-26-37-33-38(27-30-43(37)49(35)50(48)60-59-42-21-11-4-12-22-42)52-56-51(36-15-5-1-6-16-36)57-53(58-52)39-28-31-47-45(34-39)44-23-13-14-24-46(44)54(47,40-17-7-2-8-18-40)41-19-9-3-10-20-41/h1-34,55,59H/b55-48?,60-50+. The van der Waals surface area contributed by atoms with Crippen molar-refractivity contribution in [1.29, 1.82) is 5.41 Å². The quantitative estimate of drug-likeness (QED) is 0.158. The first-order chi connectivity index (χ1) is 29.6. The Morgan fingerprint density at radius 2 is 1.03 bits per heavy atom. The van der Waals surface area contributed by atoms with Gasteiger partial charge in [-0.15, -0.1) is 0 Å². The van der Waals surface area contributed by atoms with Crippen molar-refractivity contribution in [1.82, 2.24) is 15.0 Å². The molecule has 8 aromatic carbocycles. The predicted octanol–water partition coefficient (Wildman–Crippen LogP) is 12.3. The van der Waals surface area contributed by atoms with Gasteiger partial charge in [0.05, 0.1) is 16.8 Å². The normalized spacial score (nSPS) is 14.1. The average Bonchev–Trinajstić information content (AvgIpc) is 3.62. The molecule has 2 aliphatic carbocycles. The zero-order valence-electron chi connectivity index (χ0n) is 32.4. The van der Waals surface area contributed by atoms with Gasteiger partial charge < -0.3 is 0 Å². The van der Waals surface area contributed by atoms with Crippen molar-refractivity contribution in [2.45, 2.75) is 5.41 Å². The maximum absolute atomic E-state index is 8.82. The third-order valence-electron chi connectivity index (χ3n) is 11.7. The first-order valence-electron chi connectivity index (χ1n) is 20.1. The van der Waals surface area contributed by atoms with Crippen LogP contribution in [0.5, 0.6) is 0 Å². The summed E-state index contributed by atoms with van der Waals surface area (Å²) in [5.41, 5.74) is 16.3. The summed E-state index contributed by atoms with van der Waals surface area (Å²) >= 11 is 0. The highest BCUT2D eigenvalue weighted by Crippen LogP contribution is 2.56. The van der Waals surface area contributed by atoms with E-state index in [0.29, 0.717) is 28.9 Å². The van der Waals surface area contributed by atoms with Crippen LogP contribution in [0.4, 0.5) is 5.69 Å². The van der Waals surface area contributed by atoms with Gasteiger partial charge in [0.25, 0.3) is 0 Å². The minimum atomic E-state index is -0.493. The number of nitrogens with zero attached hydrogens (tertiary/aromatic N) is 4. The minimum Gasteiger partial charge on any atom is -0.299 e. The Kier molecular flexibility index (Phi) is 8.41. The molecule has 1 aromatic heterocycles. The summed E-state index contributed by atoms with van der Waals surface area (Å²) in [6, 6.07) is 67.5. The minimum absolute atomic E-state index is 0.346. The molecule has 0 bridgehead atoms. The Bertz CT molecular complexity index is 3140. The van der Waals surface area contributed by atoms with Crippen molar-refractivity contribution in [2.24, 2.45) is 5.10 Å². The average molecular weight is 769 g/mol. The van der Waals surface area contributed by atoms with Crippen molar-refractivity contribution in [3.05, 3.63) is 234 Å². The Labute approximate surface area is 347 Å². The van der Waals surface area contributed by atoms with E-state index in [1.165, 1.54) is 27.8 Å². The Morgan fingerprint density at radius 3 is 1.73 bits per heavy atom. The summed E-state index contributed by atoms with van der Waals surface area (Å²) in [5, 5.41) is 15.5. The van der Waals surface area contributed by atoms with Crippen molar-refractivity contribution in [2.75, 3.05) is 5.43 Å². The fourth-order valence-corrected chi connectivity index (χ4v) is 8.96. The molecule has 11 rings (SSSR count). The van der Waals surface area contributed by atoms with E-state index in [1.807, 2.05) is 66.7 Å². The summed E-state index contributed by atoms with van der Waals surface area (Å²) in [7, 11) is 0. The molecule has 2 aliphatic rings. The first-order valence-corrected chi connectivity index (χ1v) is 20.1. The van der Waals surface area contributed by atoms with Gasteiger partial charge in [-0.1, -0.05) is 176 Å². The molecule has 0 amide bonds. The number of rotatable bonds is 7. The van der Waals surface area contributed by atoms with Crippen LogP contribution in [0.3, 0.4) is 0 Å². The molecular formula is C54H36N6. The molecular weight excluding hydrogens is 733 g/mol. The van der Waals surface area contributed by atoms with Crippen LogP contribution in [0.1, 0.15) is 33.4 Å². The van der Waals surface area contributed by atoms with Gasteiger partial charge in [-0.05, 0) is 80.1 Å². The summed E-state index contributed by atoms with van der Waals surface area (Å²) < 4.78 is 0. The Hall–Kier alpha value is -8.09. The van der Waals surface area contributed by atoms with E-state index in [1.54, 1.807) is 6.08 Å².